The van der Waals surface area contributed by atoms with Gasteiger partial charge in [-0.1, -0.05) is 31.4 Å². The second kappa shape index (κ2) is 10.7. The number of nitrogens with one attached hydrogen (secondary N) is 2. The standard InChI is InChI=1S/C26H31N3O3S/c1-31-22-10-8-18(9-11-22)16-29(26(33)27-21-6-4-3-5-7-21)17-20-14-19-15-23(32-2)12-13-24(19)28-25(20)30/h8-15,21H,3-7,16-17H2,1-2H3,(H,27,33)(H,28,30). The molecule has 0 saturated heterocycles. The number of methoxy groups -OCH3 is 2. The Kier molecular flexibility index (Phi) is 7.50. The zero-order valence-corrected chi connectivity index (χ0v) is 20.0. The third-order valence-electron chi connectivity index (χ3n) is 6.24. The van der Waals surface area contributed by atoms with Crippen molar-refractivity contribution >= 4 is 28.2 Å². The van der Waals surface area contributed by atoms with E-state index in [0.29, 0.717) is 29.8 Å². The largest absolute Gasteiger partial charge is 0.497 e. The summed E-state index contributed by atoms with van der Waals surface area (Å²) in [6.45, 7) is 1.01. The van der Waals surface area contributed by atoms with Crippen LogP contribution in [0.2, 0.25) is 0 Å². The van der Waals surface area contributed by atoms with Crippen LogP contribution in [0, 0.1) is 0 Å². The normalized spacial score (nSPS) is 14.1. The van der Waals surface area contributed by atoms with Gasteiger partial charge < -0.3 is 24.7 Å². The van der Waals surface area contributed by atoms with Crippen molar-refractivity contribution in [1.82, 2.24) is 15.2 Å². The van der Waals surface area contributed by atoms with Gasteiger partial charge in [-0.3, -0.25) is 4.79 Å². The SMILES string of the molecule is COc1ccc(CN(Cc2cc3cc(OC)ccc3[nH]c2=O)C(=S)NC2CCCCC2)cc1. The van der Waals surface area contributed by atoms with E-state index in [1.165, 1.54) is 19.3 Å². The van der Waals surface area contributed by atoms with Gasteiger partial charge in [-0.05, 0) is 67.0 Å². The lowest BCUT2D eigenvalue weighted by Gasteiger charge is -2.31. The van der Waals surface area contributed by atoms with Crippen molar-refractivity contribution in [3.63, 3.8) is 0 Å². The number of rotatable bonds is 7. The lowest BCUT2D eigenvalue weighted by Crippen LogP contribution is -2.45. The molecule has 0 unspecified atom stereocenters. The fourth-order valence-corrected chi connectivity index (χ4v) is 4.64. The summed E-state index contributed by atoms with van der Waals surface area (Å²) in [5, 5.41) is 5.17. The van der Waals surface area contributed by atoms with Crippen molar-refractivity contribution in [2.45, 2.75) is 51.2 Å². The Labute approximate surface area is 199 Å². The number of aromatic amines is 1. The maximum absolute atomic E-state index is 12.9. The first-order valence-corrected chi connectivity index (χ1v) is 11.8. The quantitative estimate of drug-likeness (QED) is 0.491. The number of nitrogens with zero attached hydrogens (tertiary/aromatic N) is 1. The molecule has 0 atom stereocenters. The molecule has 3 aromatic rings. The molecule has 1 aliphatic carbocycles. The van der Waals surface area contributed by atoms with Crippen LogP contribution in [0.3, 0.4) is 0 Å². The molecule has 7 heteroatoms. The molecular formula is C26H31N3O3S. The summed E-state index contributed by atoms with van der Waals surface area (Å²) < 4.78 is 10.6. The average Bonchev–Trinajstić information content (AvgIpc) is 2.84. The maximum atomic E-state index is 12.9. The van der Waals surface area contributed by atoms with Gasteiger partial charge in [0.2, 0.25) is 0 Å². The summed E-state index contributed by atoms with van der Waals surface area (Å²) in [6.07, 6.45) is 6.01. The Morgan fingerprint density at radius 3 is 2.39 bits per heavy atom. The van der Waals surface area contributed by atoms with Crippen molar-refractivity contribution in [2.24, 2.45) is 0 Å². The zero-order chi connectivity index (χ0) is 23.2. The van der Waals surface area contributed by atoms with E-state index in [1.807, 2.05) is 48.5 Å². The molecule has 4 rings (SSSR count). The molecule has 0 radical (unpaired) electrons. The third kappa shape index (κ3) is 5.85. The van der Waals surface area contributed by atoms with Gasteiger partial charge in [-0.2, -0.15) is 0 Å². The van der Waals surface area contributed by atoms with Crippen molar-refractivity contribution in [3.05, 3.63) is 70.0 Å². The zero-order valence-electron chi connectivity index (χ0n) is 19.2. The number of ether oxygens (including phenoxy) is 2. The average molecular weight is 466 g/mol. The fraction of sp³-hybridized carbons (Fsp3) is 0.385. The molecule has 1 aliphatic rings. The predicted octanol–water partition coefficient (Wildman–Crippen LogP) is 4.75. The molecule has 1 aromatic heterocycles. The van der Waals surface area contributed by atoms with E-state index in [4.69, 9.17) is 21.7 Å². The minimum Gasteiger partial charge on any atom is -0.497 e. The number of benzene rings is 2. The summed E-state index contributed by atoms with van der Waals surface area (Å²) in [7, 11) is 3.30. The van der Waals surface area contributed by atoms with Gasteiger partial charge in [-0.15, -0.1) is 0 Å². The summed E-state index contributed by atoms with van der Waals surface area (Å²) >= 11 is 5.84. The number of aromatic nitrogens is 1. The maximum Gasteiger partial charge on any atom is 0.253 e. The van der Waals surface area contributed by atoms with Crippen LogP contribution < -0.4 is 20.3 Å². The molecule has 2 N–H and O–H groups in total. The minimum atomic E-state index is -0.104. The number of hydrogen-bond acceptors (Lipinski definition) is 4. The van der Waals surface area contributed by atoms with E-state index in [0.717, 1.165) is 40.8 Å². The van der Waals surface area contributed by atoms with Crippen LogP contribution in [0.15, 0.2) is 53.3 Å². The highest BCUT2D eigenvalue weighted by molar-refractivity contribution is 7.80. The number of pyridine rings is 1. The molecule has 0 bridgehead atoms. The Hall–Kier alpha value is -3.06. The van der Waals surface area contributed by atoms with Crippen LogP contribution >= 0.6 is 12.2 Å². The van der Waals surface area contributed by atoms with E-state index in [9.17, 15) is 4.79 Å². The highest BCUT2D eigenvalue weighted by Gasteiger charge is 2.19. The Balaban J connectivity index is 1.60. The van der Waals surface area contributed by atoms with Crippen LogP contribution in [0.4, 0.5) is 0 Å². The van der Waals surface area contributed by atoms with Crippen molar-refractivity contribution in [3.8, 4) is 11.5 Å². The van der Waals surface area contributed by atoms with Crippen molar-refractivity contribution in [1.29, 1.82) is 0 Å². The second-order valence-corrected chi connectivity index (χ2v) is 8.95. The smallest absolute Gasteiger partial charge is 0.253 e. The first kappa shape index (κ1) is 23.1. The Morgan fingerprint density at radius 2 is 1.70 bits per heavy atom. The summed E-state index contributed by atoms with van der Waals surface area (Å²) in [5.41, 5.74) is 2.45. The first-order valence-electron chi connectivity index (χ1n) is 11.4. The second-order valence-electron chi connectivity index (χ2n) is 8.57. The summed E-state index contributed by atoms with van der Waals surface area (Å²) in [4.78, 5) is 17.9. The molecule has 1 fully saturated rings. The van der Waals surface area contributed by atoms with Gasteiger partial charge in [0.15, 0.2) is 5.11 Å². The molecular weight excluding hydrogens is 434 g/mol. The summed E-state index contributed by atoms with van der Waals surface area (Å²) in [5.74, 6) is 1.57. The van der Waals surface area contributed by atoms with Crippen LogP contribution in [0.5, 0.6) is 11.5 Å². The molecule has 174 valence electrons. The number of H-pyrrole nitrogens is 1. The summed E-state index contributed by atoms with van der Waals surface area (Å²) in [6, 6.07) is 15.9. The number of thiocarbonyl (C=S) groups is 1. The first-order chi connectivity index (χ1) is 16.1. The van der Waals surface area contributed by atoms with E-state index < -0.39 is 0 Å². The van der Waals surface area contributed by atoms with Crippen molar-refractivity contribution < 1.29 is 9.47 Å². The molecule has 0 spiro atoms. The highest BCUT2D eigenvalue weighted by Crippen LogP contribution is 2.21. The van der Waals surface area contributed by atoms with Crippen LogP contribution in [-0.2, 0) is 13.1 Å². The van der Waals surface area contributed by atoms with Crippen LogP contribution in [0.1, 0.15) is 43.2 Å². The minimum absolute atomic E-state index is 0.104. The monoisotopic (exact) mass is 465 g/mol. The molecule has 1 heterocycles. The van der Waals surface area contributed by atoms with Gasteiger partial charge in [0, 0.05) is 29.1 Å². The molecule has 6 nitrogen and oxygen atoms in total. The molecule has 1 saturated carbocycles. The Morgan fingerprint density at radius 1 is 1.00 bits per heavy atom. The highest BCUT2D eigenvalue weighted by atomic mass is 32.1. The Bertz CT molecular complexity index is 1150. The van der Waals surface area contributed by atoms with Crippen LogP contribution in [0.25, 0.3) is 10.9 Å². The third-order valence-corrected chi connectivity index (χ3v) is 6.62. The van der Waals surface area contributed by atoms with Gasteiger partial charge in [0.1, 0.15) is 11.5 Å². The molecule has 33 heavy (non-hydrogen) atoms. The van der Waals surface area contributed by atoms with Gasteiger partial charge in [0.05, 0.1) is 20.8 Å². The van der Waals surface area contributed by atoms with Crippen LogP contribution in [-0.4, -0.2) is 35.3 Å². The van der Waals surface area contributed by atoms with E-state index >= 15 is 0 Å². The fourth-order valence-electron chi connectivity index (χ4n) is 4.34. The van der Waals surface area contributed by atoms with E-state index in [-0.39, 0.29) is 5.56 Å². The van der Waals surface area contributed by atoms with Gasteiger partial charge >= 0.3 is 0 Å². The lowest BCUT2D eigenvalue weighted by atomic mass is 9.96. The number of hydrogen-bond donors (Lipinski definition) is 2. The van der Waals surface area contributed by atoms with Crippen molar-refractivity contribution in [2.75, 3.05) is 14.2 Å². The molecule has 0 amide bonds. The predicted molar refractivity (Wildman–Crippen MR) is 136 cm³/mol. The topological polar surface area (TPSA) is 66.6 Å². The van der Waals surface area contributed by atoms with E-state index in [2.05, 4.69) is 15.2 Å². The lowest BCUT2D eigenvalue weighted by molar-refractivity contribution is 0.362. The molecule has 0 aliphatic heterocycles. The van der Waals surface area contributed by atoms with Gasteiger partial charge in [0.25, 0.3) is 5.56 Å². The van der Waals surface area contributed by atoms with Gasteiger partial charge in [-0.25, -0.2) is 0 Å². The molecule has 2 aromatic carbocycles. The number of fused-ring (bicyclic) bond motifs is 1. The van der Waals surface area contributed by atoms with E-state index in [1.54, 1.807) is 14.2 Å².